The van der Waals surface area contributed by atoms with E-state index in [1.54, 1.807) is 11.0 Å². The van der Waals surface area contributed by atoms with Crippen LogP contribution in [0.3, 0.4) is 0 Å². The zero-order valence-corrected chi connectivity index (χ0v) is 23.4. The van der Waals surface area contributed by atoms with Gasteiger partial charge in [0, 0.05) is 76.1 Å². The zero-order chi connectivity index (χ0) is 30.2. The lowest BCUT2D eigenvalue weighted by molar-refractivity contribution is -0.160. The number of hydrogen-bond donors (Lipinski definition) is 2. The van der Waals surface area contributed by atoms with E-state index in [0.717, 1.165) is 21.5 Å². The van der Waals surface area contributed by atoms with Crippen molar-refractivity contribution in [3.63, 3.8) is 0 Å². The van der Waals surface area contributed by atoms with Crippen molar-refractivity contribution in [3.8, 4) is 11.3 Å². The minimum atomic E-state index is -2.78. The molecule has 228 valence electrons. The average Bonchev–Trinajstić information content (AvgIpc) is 3.41. The van der Waals surface area contributed by atoms with E-state index in [9.17, 15) is 27.2 Å². The highest BCUT2D eigenvalue weighted by molar-refractivity contribution is 5.93. The van der Waals surface area contributed by atoms with Gasteiger partial charge < -0.3 is 25.0 Å². The first kappa shape index (κ1) is 28.9. The molecule has 2 aromatic heterocycles. The number of rotatable bonds is 6. The number of benzene rings is 1. The molecule has 2 N–H and O–H groups in total. The lowest BCUT2D eigenvalue weighted by Crippen LogP contribution is -2.58. The van der Waals surface area contributed by atoms with Crippen molar-refractivity contribution in [2.24, 2.45) is 0 Å². The summed E-state index contributed by atoms with van der Waals surface area (Å²) < 4.78 is 53.1. The predicted molar refractivity (Wildman–Crippen MR) is 153 cm³/mol. The fourth-order valence-electron chi connectivity index (χ4n) is 5.53. The van der Waals surface area contributed by atoms with Crippen LogP contribution in [0.2, 0.25) is 0 Å². The molecule has 0 bridgehead atoms. The van der Waals surface area contributed by atoms with Crippen LogP contribution in [0.25, 0.3) is 22.3 Å². The molecular formula is C29H32F4N8O2. The number of halogens is 4. The maximum absolute atomic E-state index is 13.7. The van der Waals surface area contributed by atoms with E-state index in [1.165, 1.54) is 12.4 Å². The normalized spacial score (nSPS) is 20.4. The molecule has 0 spiro atoms. The minimum Gasteiger partial charge on any atom is -0.356 e. The largest absolute Gasteiger partial charge is 0.356 e. The van der Waals surface area contributed by atoms with Crippen LogP contribution in [0.5, 0.6) is 0 Å². The van der Waals surface area contributed by atoms with Crippen LogP contribution in [0.15, 0.2) is 48.8 Å². The Morgan fingerprint density at radius 2 is 1.60 bits per heavy atom. The molecule has 3 amide bonds. The number of aromatic nitrogens is 3. The number of amides is 3. The Kier molecular flexibility index (Phi) is 7.71. The number of carbonyl (C=O) groups excluding carboxylic acids is 2. The molecule has 1 aromatic carbocycles. The van der Waals surface area contributed by atoms with Crippen LogP contribution in [-0.4, -0.2) is 112 Å². The number of piperidine rings is 1. The van der Waals surface area contributed by atoms with Crippen molar-refractivity contribution in [2.45, 2.75) is 24.7 Å². The highest BCUT2D eigenvalue weighted by Crippen LogP contribution is 2.34. The van der Waals surface area contributed by atoms with Crippen LogP contribution >= 0.6 is 0 Å². The first-order valence-corrected chi connectivity index (χ1v) is 14.2. The van der Waals surface area contributed by atoms with Crippen molar-refractivity contribution in [3.05, 3.63) is 48.8 Å². The van der Waals surface area contributed by atoms with Gasteiger partial charge in [-0.3, -0.25) is 9.69 Å². The fourth-order valence-corrected chi connectivity index (χ4v) is 5.53. The molecule has 10 nitrogen and oxygen atoms in total. The van der Waals surface area contributed by atoms with Gasteiger partial charge in [-0.1, -0.05) is 18.2 Å². The van der Waals surface area contributed by atoms with Gasteiger partial charge in [0.1, 0.15) is 17.8 Å². The molecule has 3 aliphatic heterocycles. The summed E-state index contributed by atoms with van der Waals surface area (Å²) >= 11 is 0. The number of nitrogens with one attached hydrogen (secondary N) is 2. The van der Waals surface area contributed by atoms with Gasteiger partial charge in [0.05, 0.1) is 18.5 Å². The van der Waals surface area contributed by atoms with E-state index < -0.39 is 30.8 Å². The summed E-state index contributed by atoms with van der Waals surface area (Å²) in [5.41, 5.74) is 2.93. The van der Waals surface area contributed by atoms with Gasteiger partial charge in [-0.15, -0.1) is 0 Å². The van der Waals surface area contributed by atoms with Crippen molar-refractivity contribution < 1.29 is 27.2 Å². The summed E-state index contributed by atoms with van der Waals surface area (Å²) in [6.07, 6.45) is 4.03. The predicted octanol–water partition coefficient (Wildman–Crippen LogP) is 4.04. The Morgan fingerprint density at radius 1 is 0.907 bits per heavy atom. The third-order valence-electron chi connectivity index (χ3n) is 8.09. The molecule has 3 saturated heterocycles. The molecule has 43 heavy (non-hydrogen) atoms. The maximum atomic E-state index is 13.7. The van der Waals surface area contributed by atoms with E-state index in [2.05, 4.69) is 25.2 Å². The second-order valence-corrected chi connectivity index (χ2v) is 11.2. The topological polar surface area (TPSA) is 101 Å². The van der Waals surface area contributed by atoms with Crippen LogP contribution < -0.4 is 10.2 Å². The molecule has 0 unspecified atom stereocenters. The third-order valence-corrected chi connectivity index (χ3v) is 8.09. The Balaban J connectivity index is 0.999. The second kappa shape index (κ2) is 11.5. The van der Waals surface area contributed by atoms with Gasteiger partial charge in [0.15, 0.2) is 0 Å². The number of alkyl halides is 4. The number of hydrogen-bond acceptors (Lipinski definition) is 6. The van der Waals surface area contributed by atoms with Crippen LogP contribution in [0.1, 0.15) is 12.8 Å². The number of fused-ring (bicyclic) bond motifs is 1. The Labute approximate surface area is 245 Å². The Morgan fingerprint density at radius 3 is 2.28 bits per heavy atom. The van der Waals surface area contributed by atoms with Crippen molar-refractivity contribution in [1.82, 2.24) is 29.7 Å². The van der Waals surface area contributed by atoms with Gasteiger partial charge in [-0.2, -0.15) is 0 Å². The molecular weight excluding hydrogens is 568 g/mol. The van der Waals surface area contributed by atoms with Crippen LogP contribution in [0.4, 0.5) is 33.9 Å². The van der Waals surface area contributed by atoms with Gasteiger partial charge >= 0.3 is 6.03 Å². The zero-order valence-electron chi connectivity index (χ0n) is 23.4. The third kappa shape index (κ3) is 6.58. The number of urea groups is 1. The molecule has 0 saturated carbocycles. The monoisotopic (exact) mass is 600 g/mol. The standard InChI is InChI=1S/C29H32F4N8O2/c30-28(31)7-10-39(11-8-28)26-22-16-23(37-25(22)34-19-35-26)20-3-5-21(6-4-20)36-27(43)40-14-12-38(13-15-40)9-1-2-24(42)41-17-29(32,33)18-41/h1-6,16,19H,7-15,17-18H2,(H,36,43)(H,34,35,37)/b2-1+. The first-order chi connectivity index (χ1) is 20.6. The van der Waals surface area contributed by atoms with E-state index in [-0.39, 0.29) is 32.0 Å². The first-order valence-electron chi connectivity index (χ1n) is 14.2. The van der Waals surface area contributed by atoms with Gasteiger partial charge in [-0.05, 0) is 23.8 Å². The van der Waals surface area contributed by atoms with Crippen LogP contribution in [-0.2, 0) is 4.79 Å². The summed E-state index contributed by atoms with van der Waals surface area (Å²) in [7, 11) is 0. The quantitative estimate of drug-likeness (QED) is 0.327. The van der Waals surface area contributed by atoms with Crippen molar-refractivity contribution >= 4 is 34.5 Å². The Bertz CT molecular complexity index is 1500. The van der Waals surface area contributed by atoms with E-state index in [0.29, 0.717) is 49.9 Å². The molecule has 3 aliphatic rings. The molecule has 0 radical (unpaired) electrons. The number of carbonyl (C=O) groups is 2. The summed E-state index contributed by atoms with van der Waals surface area (Å²) in [5, 5.41) is 3.69. The Hall–Kier alpha value is -4.20. The molecule has 6 rings (SSSR count). The molecule has 5 heterocycles. The van der Waals surface area contributed by atoms with Crippen molar-refractivity contribution in [1.29, 1.82) is 0 Å². The van der Waals surface area contributed by atoms with Crippen LogP contribution in [0, 0.1) is 0 Å². The van der Waals surface area contributed by atoms with Crippen molar-refractivity contribution in [2.75, 3.05) is 69.1 Å². The summed E-state index contributed by atoms with van der Waals surface area (Å²) in [6, 6.07) is 9.08. The molecule has 0 atom stereocenters. The highest BCUT2D eigenvalue weighted by atomic mass is 19.3. The van der Waals surface area contributed by atoms with E-state index in [4.69, 9.17) is 0 Å². The number of likely N-dealkylation sites (tertiary alicyclic amines) is 1. The number of H-pyrrole nitrogens is 1. The SMILES string of the molecule is O=C(/C=C/CN1CCN(C(=O)Nc2ccc(-c3cc4c(N5CCC(F)(F)CC5)ncnc4[nH]3)cc2)CC1)N1CC(F)(F)C1. The number of aromatic amines is 1. The maximum Gasteiger partial charge on any atom is 0.321 e. The number of nitrogens with zero attached hydrogens (tertiary/aromatic N) is 6. The van der Waals surface area contributed by atoms with E-state index >= 15 is 0 Å². The second-order valence-electron chi connectivity index (χ2n) is 11.2. The number of piperazine rings is 1. The fraction of sp³-hybridized carbons (Fsp3) is 0.448. The average molecular weight is 601 g/mol. The van der Waals surface area contributed by atoms with Gasteiger partial charge in [0.25, 0.3) is 11.8 Å². The van der Waals surface area contributed by atoms with Gasteiger partial charge in [-0.25, -0.2) is 32.3 Å². The summed E-state index contributed by atoms with van der Waals surface area (Å²) in [6.45, 7) is 2.17. The summed E-state index contributed by atoms with van der Waals surface area (Å²) in [4.78, 5) is 43.5. The lowest BCUT2D eigenvalue weighted by atomic mass is 10.1. The number of anilines is 2. The molecule has 14 heteroatoms. The van der Waals surface area contributed by atoms with Gasteiger partial charge in [0.2, 0.25) is 5.91 Å². The highest BCUT2D eigenvalue weighted by Gasteiger charge is 2.45. The smallest absolute Gasteiger partial charge is 0.321 e. The molecule has 0 aliphatic carbocycles. The molecule has 3 fully saturated rings. The minimum absolute atomic E-state index is 0.204. The lowest BCUT2D eigenvalue weighted by Gasteiger charge is -2.38. The van der Waals surface area contributed by atoms with E-state index in [1.807, 2.05) is 35.2 Å². The molecule has 3 aromatic rings. The summed E-state index contributed by atoms with van der Waals surface area (Å²) in [5.74, 6) is -5.19.